The summed E-state index contributed by atoms with van der Waals surface area (Å²) in [6.07, 6.45) is 3.68. The van der Waals surface area contributed by atoms with Crippen molar-refractivity contribution < 1.29 is 18.8 Å². The Hall–Kier alpha value is -1.85. The number of fused-ring (bicyclic) bond motifs is 1. The van der Waals surface area contributed by atoms with Gasteiger partial charge in [0.1, 0.15) is 11.3 Å². The first-order valence-corrected chi connectivity index (χ1v) is 7.87. The largest absolute Gasteiger partial charge is 0.464 e. The normalized spacial score (nSPS) is 16.8. The third-order valence-electron chi connectivity index (χ3n) is 4.39. The molecule has 1 heterocycles. The van der Waals surface area contributed by atoms with E-state index >= 15 is 0 Å². The minimum atomic E-state index is -1.09. The van der Waals surface area contributed by atoms with Crippen molar-refractivity contribution in [3.63, 3.8) is 0 Å². The Morgan fingerprint density at radius 2 is 2.05 bits per heavy atom. The van der Waals surface area contributed by atoms with Gasteiger partial charge in [0.15, 0.2) is 5.69 Å². The summed E-state index contributed by atoms with van der Waals surface area (Å²) in [5.74, 6) is -0.135. The highest BCUT2D eigenvalue weighted by Crippen LogP contribution is 2.25. The molecule has 1 atom stereocenters. The highest BCUT2D eigenvalue weighted by Gasteiger charge is 2.41. The maximum atomic E-state index is 12.6. The van der Waals surface area contributed by atoms with Gasteiger partial charge in [-0.15, -0.1) is 0 Å². The zero-order valence-corrected chi connectivity index (χ0v) is 13.7. The molecule has 0 aliphatic heterocycles. The minimum Gasteiger partial charge on any atom is -0.464 e. The van der Waals surface area contributed by atoms with Crippen LogP contribution in [-0.4, -0.2) is 29.2 Å². The highest BCUT2D eigenvalue weighted by molar-refractivity contribution is 5.97. The number of rotatable bonds is 5. The number of nitrogens with one attached hydrogen (secondary N) is 1. The van der Waals surface area contributed by atoms with Gasteiger partial charge < -0.3 is 14.6 Å². The maximum Gasteiger partial charge on any atom is 0.331 e. The number of hydrogen-bond donors (Lipinski definition) is 1. The van der Waals surface area contributed by atoms with Crippen molar-refractivity contribution in [1.29, 1.82) is 0 Å². The topological polar surface area (TPSA) is 81.4 Å². The molecule has 122 valence electrons. The molecule has 0 spiro atoms. The van der Waals surface area contributed by atoms with Crippen molar-refractivity contribution in [2.75, 3.05) is 6.61 Å². The van der Waals surface area contributed by atoms with E-state index in [0.29, 0.717) is 5.69 Å². The molecule has 0 radical (unpaired) electrons. The lowest BCUT2D eigenvalue weighted by Crippen LogP contribution is -2.56. The molecule has 2 rings (SSSR count). The Morgan fingerprint density at radius 1 is 1.36 bits per heavy atom. The molecule has 0 aromatic carbocycles. The number of carbonyl (C=O) groups excluding carboxylic acids is 2. The van der Waals surface area contributed by atoms with E-state index in [1.807, 2.05) is 13.8 Å². The van der Waals surface area contributed by atoms with Gasteiger partial charge in [-0.25, -0.2) is 4.79 Å². The van der Waals surface area contributed by atoms with E-state index in [2.05, 4.69) is 10.5 Å². The predicted octanol–water partition coefficient (Wildman–Crippen LogP) is 2.26. The fraction of sp³-hybridized carbons (Fsp3) is 0.688. The summed E-state index contributed by atoms with van der Waals surface area (Å²) in [4.78, 5) is 24.8. The van der Waals surface area contributed by atoms with Crippen molar-refractivity contribution >= 4 is 11.9 Å². The van der Waals surface area contributed by atoms with Crippen LogP contribution in [0.15, 0.2) is 4.52 Å². The average molecular weight is 308 g/mol. The van der Waals surface area contributed by atoms with Crippen molar-refractivity contribution in [3.8, 4) is 0 Å². The van der Waals surface area contributed by atoms with Gasteiger partial charge in [0.25, 0.3) is 5.91 Å². The molecular formula is C16H24N2O4. The second kappa shape index (κ2) is 6.50. The van der Waals surface area contributed by atoms with Crippen LogP contribution < -0.4 is 5.32 Å². The molecule has 1 aromatic heterocycles. The average Bonchev–Trinajstić information content (AvgIpc) is 2.91. The van der Waals surface area contributed by atoms with Crippen LogP contribution in [0.3, 0.4) is 0 Å². The number of aromatic nitrogens is 1. The quantitative estimate of drug-likeness (QED) is 0.844. The first-order valence-electron chi connectivity index (χ1n) is 7.87. The molecule has 1 amide bonds. The van der Waals surface area contributed by atoms with E-state index in [-0.39, 0.29) is 18.4 Å². The number of carbonyl (C=O) groups is 2. The molecule has 1 unspecified atom stereocenters. The summed E-state index contributed by atoms with van der Waals surface area (Å²) in [6.45, 7) is 7.44. The minimum absolute atomic E-state index is 0.113. The van der Waals surface area contributed by atoms with Crippen LogP contribution in [0.2, 0.25) is 0 Å². The molecule has 0 saturated heterocycles. The molecule has 1 aromatic rings. The van der Waals surface area contributed by atoms with Crippen molar-refractivity contribution in [1.82, 2.24) is 10.5 Å². The molecular weight excluding hydrogens is 284 g/mol. The van der Waals surface area contributed by atoms with Crippen LogP contribution in [0.1, 0.15) is 62.3 Å². The smallest absolute Gasteiger partial charge is 0.331 e. The number of nitrogens with zero attached hydrogens (tertiary/aromatic N) is 1. The molecule has 0 saturated carbocycles. The van der Waals surface area contributed by atoms with Gasteiger partial charge in [-0.3, -0.25) is 4.79 Å². The number of hydrogen-bond acceptors (Lipinski definition) is 5. The predicted molar refractivity (Wildman–Crippen MR) is 80.5 cm³/mol. The zero-order valence-electron chi connectivity index (χ0n) is 13.7. The third kappa shape index (κ3) is 3.00. The second-order valence-electron chi connectivity index (χ2n) is 6.17. The SMILES string of the molecule is CCOC(=O)C(C)(NC(=O)c1noc2c1CCCC2)C(C)C. The Balaban J connectivity index is 2.22. The van der Waals surface area contributed by atoms with Crippen molar-refractivity contribution in [2.24, 2.45) is 5.92 Å². The van der Waals surface area contributed by atoms with Gasteiger partial charge in [0.2, 0.25) is 0 Å². The number of amides is 1. The summed E-state index contributed by atoms with van der Waals surface area (Å²) >= 11 is 0. The fourth-order valence-electron chi connectivity index (χ4n) is 2.57. The van der Waals surface area contributed by atoms with Gasteiger partial charge in [-0.05, 0) is 39.0 Å². The summed E-state index contributed by atoms with van der Waals surface area (Å²) < 4.78 is 10.4. The first kappa shape index (κ1) is 16.5. The van der Waals surface area contributed by atoms with E-state index in [9.17, 15) is 9.59 Å². The number of esters is 1. The van der Waals surface area contributed by atoms with E-state index in [0.717, 1.165) is 37.0 Å². The summed E-state index contributed by atoms with van der Waals surface area (Å²) in [5.41, 5.74) is 0.0812. The summed E-state index contributed by atoms with van der Waals surface area (Å²) in [7, 11) is 0. The lowest BCUT2D eigenvalue weighted by Gasteiger charge is -2.31. The molecule has 0 bridgehead atoms. The van der Waals surface area contributed by atoms with Crippen LogP contribution in [0, 0.1) is 5.92 Å². The third-order valence-corrected chi connectivity index (χ3v) is 4.39. The molecule has 22 heavy (non-hydrogen) atoms. The Morgan fingerprint density at radius 3 is 2.68 bits per heavy atom. The number of ether oxygens (including phenoxy) is 1. The van der Waals surface area contributed by atoms with Gasteiger partial charge in [0, 0.05) is 12.0 Å². The fourth-order valence-corrected chi connectivity index (χ4v) is 2.57. The van der Waals surface area contributed by atoms with Gasteiger partial charge in [0.05, 0.1) is 6.61 Å². The lowest BCUT2D eigenvalue weighted by molar-refractivity contribution is -0.152. The van der Waals surface area contributed by atoms with Crippen LogP contribution in [0.4, 0.5) is 0 Å². The van der Waals surface area contributed by atoms with Gasteiger partial charge in [-0.2, -0.15) is 0 Å². The molecule has 1 N–H and O–H groups in total. The maximum absolute atomic E-state index is 12.6. The van der Waals surface area contributed by atoms with E-state index in [1.54, 1.807) is 13.8 Å². The molecule has 1 aliphatic carbocycles. The molecule has 0 fully saturated rings. The Kier molecular flexibility index (Phi) is 4.88. The van der Waals surface area contributed by atoms with E-state index in [1.165, 1.54) is 0 Å². The Bertz CT molecular complexity index is 564. The first-order chi connectivity index (χ1) is 10.4. The summed E-state index contributed by atoms with van der Waals surface area (Å²) in [6, 6.07) is 0. The lowest BCUT2D eigenvalue weighted by atomic mass is 9.88. The van der Waals surface area contributed by atoms with Crippen molar-refractivity contribution in [2.45, 2.75) is 58.9 Å². The highest BCUT2D eigenvalue weighted by atomic mass is 16.5. The van der Waals surface area contributed by atoms with Crippen LogP contribution >= 0.6 is 0 Å². The van der Waals surface area contributed by atoms with Gasteiger partial charge in [-0.1, -0.05) is 19.0 Å². The van der Waals surface area contributed by atoms with E-state index < -0.39 is 11.5 Å². The Labute approximate surface area is 130 Å². The van der Waals surface area contributed by atoms with Crippen LogP contribution in [0.25, 0.3) is 0 Å². The second-order valence-corrected chi connectivity index (χ2v) is 6.17. The molecule has 6 nitrogen and oxygen atoms in total. The van der Waals surface area contributed by atoms with Crippen molar-refractivity contribution in [3.05, 3.63) is 17.0 Å². The number of aryl methyl sites for hydroxylation is 1. The summed E-state index contributed by atoms with van der Waals surface area (Å²) in [5, 5.41) is 6.70. The monoisotopic (exact) mass is 308 g/mol. The van der Waals surface area contributed by atoms with Gasteiger partial charge >= 0.3 is 5.97 Å². The van der Waals surface area contributed by atoms with Crippen LogP contribution in [-0.2, 0) is 22.4 Å². The standard InChI is InChI=1S/C16H24N2O4/c1-5-21-15(20)16(4,10(2)3)17-14(19)13-11-8-6-7-9-12(11)22-18-13/h10H,5-9H2,1-4H3,(H,17,19). The van der Waals surface area contributed by atoms with Crippen LogP contribution in [0.5, 0.6) is 0 Å². The molecule has 6 heteroatoms. The van der Waals surface area contributed by atoms with E-state index in [4.69, 9.17) is 9.26 Å². The molecule has 1 aliphatic rings. The zero-order chi connectivity index (χ0) is 16.3.